The lowest BCUT2D eigenvalue weighted by atomic mass is 9.83. The van der Waals surface area contributed by atoms with Crippen molar-refractivity contribution in [1.82, 2.24) is 4.57 Å². The van der Waals surface area contributed by atoms with Gasteiger partial charge in [0.25, 0.3) is 0 Å². The van der Waals surface area contributed by atoms with Crippen molar-refractivity contribution in [2.75, 3.05) is 11.1 Å². The smallest absolute Gasteiger partial charge is 0.316 e. The molecule has 0 saturated carbocycles. The number of hydrogen-bond donors (Lipinski definition) is 2. The molecule has 12 heteroatoms. The largest absolute Gasteiger partial charge is 0.426 e. The number of rotatable bonds is 4. The zero-order valence-corrected chi connectivity index (χ0v) is 19.3. The van der Waals surface area contributed by atoms with Crippen LogP contribution in [0.2, 0.25) is 0 Å². The number of fused-ring (bicyclic) bond motifs is 5. The molecule has 2 atom stereocenters. The van der Waals surface area contributed by atoms with Gasteiger partial charge in [0, 0.05) is 27.8 Å². The summed E-state index contributed by atoms with van der Waals surface area (Å²) in [6.07, 6.45) is 0. The fraction of sp³-hybridized carbons (Fsp3) is 0.190. The molecule has 3 N–H and O–H groups in total. The van der Waals surface area contributed by atoms with Gasteiger partial charge in [-0.05, 0) is 30.3 Å². The molecule has 0 unspecified atom stereocenters. The Morgan fingerprint density at radius 3 is 2.61 bits per heavy atom. The number of nitrogens with two attached hydrogens (primary N) is 1. The monoisotopic (exact) mass is 503 g/mol. The Kier molecular flexibility index (Phi) is 5.40. The lowest BCUT2D eigenvalue weighted by Crippen LogP contribution is -2.36. The third-order valence-electron chi connectivity index (χ3n) is 5.49. The van der Waals surface area contributed by atoms with E-state index in [1.807, 2.05) is 12.1 Å². The molecule has 9 nitrogen and oxygen atoms in total. The minimum Gasteiger partial charge on any atom is -0.426 e. The van der Waals surface area contributed by atoms with Crippen LogP contribution in [-0.4, -0.2) is 30.6 Å². The number of sulfonamides is 1. The van der Waals surface area contributed by atoms with Crippen molar-refractivity contribution in [3.63, 3.8) is 0 Å². The molecule has 5 rings (SSSR count). The third-order valence-corrected chi connectivity index (χ3v) is 8.85. The Labute approximate surface area is 196 Å². The number of esters is 1. The fourth-order valence-electron chi connectivity index (χ4n) is 3.99. The average molecular weight is 504 g/mol. The van der Waals surface area contributed by atoms with E-state index >= 15 is 0 Å². The first-order chi connectivity index (χ1) is 15.7. The number of benzene rings is 2. The minimum absolute atomic E-state index is 0.0686. The second-order valence-corrected chi connectivity index (χ2v) is 11.2. The predicted octanol–water partition coefficient (Wildman–Crippen LogP) is 1.97. The first-order valence-corrected chi connectivity index (χ1v) is 13.2. The van der Waals surface area contributed by atoms with Crippen LogP contribution in [0.3, 0.4) is 0 Å². The number of amides is 1. The van der Waals surface area contributed by atoms with E-state index in [2.05, 4.69) is 5.32 Å². The SMILES string of the molecule is NS(=O)(=O)c1ccc(NC(=O)Cn2c3c(sc2=O)[C@H]2c4ccccc4OC(=O)[C@H]2CS3)cc1. The van der Waals surface area contributed by atoms with Gasteiger partial charge < -0.3 is 10.1 Å². The molecule has 0 aliphatic carbocycles. The van der Waals surface area contributed by atoms with Gasteiger partial charge in [0.2, 0.25) is 15.9 Å². The highest BCUT2D eigenvalue weighted by Gasteiger charge is 2.44. The van der Waals surface area contributed by atoms with Crippen molar-refractivity contribution < 1.29 is 22.7 Å². The lowest BCUT2D eigenvalue weighted by Gasteiger charge is -2.34. The number of carbonyl (C=O) groups excluding carboxylic acids is 2. The highest BCUT2D eigenvalue weighted by molar-refractivity contribution is 7.99. The molecule has 1 aromatic heterocycles. The number of para-hydroxylation sites is 1. The van der Waals surface area contributed by atoms with Crippen LogP contribution in [0.15, 0.2) is 63.2 Å². The first kappa shape index (κ1) is 21.9. The van der Waals surface area contributed by atoms with Gasteiger partial charge in [0.1, 0.15) is 12.3 Å². The number of nitrogens with zero attached hydrogens (tertiary/aromatic N) is 1. The van der Waals surface area contributed by atoms with Crippen LogP contribution >= 0.6 is 23.1 Å². The average Bonchev–Trinajstić information content (AvgIpc) is 3.08. The number of primary sulfonamides is 1. The van der Waals surface area contributed by atoms with Gasteiger partial charge in [-0.15, -0.1) is 11.8 Å². The molecule has 2 aliphatic rings. The summed E-state index contributed by atoms with van der Waals surface area (Å²) in [6.45, 7) is -0.210. The normalized spacial score (nSPS) is 19.1. The van der Waals surface area contributed by atoms with Crippen molar-refractivity contribution in [3.8, 4) is 5.75 Å². The van der Waals surface area contributed by atoms with Gasteiger partial charge in [-0.1, -0.05) is 29.5 Å². The van der Waals surface area contributed by atoms with Crippen LogP contribution in [0, 0.1) is 5.92 Å². The van der Waals surface area contributed by atoms with E-state index in [0.29, 0.717) is 22.2 Å². The number of carbonyl (C=O) groups is 2. The van der Waals surface area contributed by atoms with Gasteiger partial charge >= 0.3 is 10.8 Å². The van der Waals surface area contributed by atoms with Gasteiger partial charge in [0.15, 0.2) is 0 Å². The summed E-state index contributed by atoms with van der Waals surface area (Å²) in [6, 6.07) is 12.7. The molecule has 0 fully saturated rings. The third kappa shape index (κ3) is 3.99. The van der Waals surface area contributed by atoms with Crippen LogP contribution in [0.1, 0.15) is 16.4 Å². The number of nitrogens with one attached hydrogen (secondary N) is 1. The van der Waals surface area contributed by atoms with Crippen molar-refractivity contribution in [2.24, 2.45) is 11.1 Å². The van der Waals surface area contributed by atoms with E-state index in [4.69, 9.17) is 9.88 Å². The second kappa shape index (κ2) is 8.13. The molecule has 0 saturated heterocycles. The summed E-state index contributed by atoms with van der Waals surface area (Å²) in [7, 11) is -3.83. The molecular formula is C21H17N3O6S3. The van der Waals surface area contributed by atoms with E-state index in [1.54, 1.807) is 12.1 Å². The van der Waals surface area contributed by atoms with Crippen molar-refractivity contribution in [1.29, 1.82) is 0 Å². The summed E-state index contributed by atoms with van der Waals surface area (Å²) in [5.74, 6) is -0.495. The summed E-state index contributed by atoms with van der Waals surface area (Å²) in [5.41, 5.74) is 1.23. The first-order valence-electron chi connectivity index (χ1n) is 9.82. The van der Waals surface area contributed by atoms with E-state index in [1.165, 1.54) is 40.6 Å². The summed E-state index contributed by atoms with van der Waals surface area (Å²) >= 11 is 2.40. The van der Waals surface area contributed by atoms with Crippen LogP contribution < -0.4 is 20.1 Å². The number of aromatic nitrogens is 1. The number of thiazole rings is 1. The second-order valence-electron chi connectivity index (χ2n) is 7.60. The highest BCUT2D eigenvalue weighted by Crippen LogP contribution is 2.50. The van der Waals surface area contributed by atoms with Crippen LogP contribution in [-0.2, 0) is 26.2 Å². The van der Waals surface area contributed by atoms with Gasteiger partial charge in [0.05, 0.1) is 15.8 Å². The Bertz CT molecular complexity index is 1440. The molecule has 2 aromatic carbocycles. The molecule has 0 radical (unpaired) electrons. The number of anilines is 1. The van der Waals surface area contributed by atoms with Crippen LogP contribution in [0.4, 0.5) is 5.69 Å². The van der Waals surface area contributed by atoms with E-state index < -0.39 is 21.8 Å². The standard InChI is InChI=1S/C21H17N3O6S3/c22-33(28,29)12-7-5-11(6-8-12)23-16(25)9-24-19-18(32-21(24)27)17-13-3-1-2-4-15(13)30-20(26)14(17)10-31-19/h1-8,14,17H,9-10H2,(H,23,25)(H2,22,28,29)/t14-,17-/m0/s1. The maximum atomic E-state index is 12.8. The topological polar surface area (TPSA) is 138 Å². The molecule has 170 valence electrons. The van der Waals surface area contributed by atoms with E-state index in [-0.39, 0.29) is 28.2 Å². The highest BCUT2D eigenvalue weighted by atomic mass is 32.2. The lowest BCUT2D eigenvalue weighted by molar-refractivity contribution is -0.140. The Morgan fingerprint density at radius 1 is 1.15 bits per heavy atom. The van der Waals surface area contributed by atoms with Crippen LogP contribution in [0.25, 0.3) is 0 Å². The number of hydrogen-bond acceptors (Lipinski definition) is 8. The quantitative estimate of drug-likeness (QED) is 0.410. The molecule has 0 bridgehead atoms. The van der Waals surface area contributed by atoms with E-state index in [0.717, 1.165) is 21.8 Å². The Balaban J connectivity index is 1.42. The summed E-state index contributed by atoms with van der Waals surface area (Å²) in [5, 5.41) is 8.42. The maximum absolute atomic E-state index is 12.8. The van der Waals surface area contributed by atoms with Crippen molar-refractivity contribution in [2.45, 2.75) is 22.4 Å². The molecule has 3 heterocycles. The zero-order valence-electron chi connectivity index (χ0n) is 16.9. The Hall–Kier alpha value is -2.93. The van der Waals surface area contributed by atoms with Gasteiger partial charge in [-0.3, -0.25) is 19.0 Å². The summed E-state index contributed by atoms with van der Waals surface area (Å²) in [4.78, 5) is 38.4. The summed E-state index contributed by atoms with van der Waals surface area (Å²) < 4.78 is 29.6. The molecular weight excluding hydrogens is 486 g/mol. The van der Waals surface area contributed by atoms with Crippen molar-refractivity contribution >= 4 is 50.7 Å². The molecule has 3 aromatic rings. The predicted molar refractivity (Wildman–Crippen MR) is 123 cm³/mol. The maximum Gasteiger partial charge on any atom is 0.316 e. The van der Waals surface area contributed by atoms with Crippen molar-refractivity contribution in [3.05, 3.63) is 68.6 Å². The molecule has 0 spiro atoms. The van der Waals surface area contributed by atoms with E-state index in [9.17, 15) is 22.8 Å². The van der Waals surface area contributed by atoms with Crippen LogP contribution in [0.5, 0.6) is 5.75 Å². The fourth-order valence-corrected chi connectivity index (χ4v) is 7.17. The molecule has 2 aliphatic heterocycles. The zero-order chi connectivity index (χ0) is 23.3. The van der Waals surface area contributed by atoms with Gasteiger partial charge in [-0.2, -0.15) is 0 Å². The van der Waals surface area contributed by atoms with Gasteiger partial charge in [-0.25, -0.2) is 13.6 Å². The minimum atomic E-state index is -3.83. The number of ether oxygens (including phenoxy) is 1. The Morgan fingerprint density at radius 2 is 1.88 bits per heavy atom. The molecule has 33 heavy (non-hydrogen) atoms. The number of thioether (sulfide) groups is 1. The molecule has 1 amide bonds.